The zero-order valence-corrected chi connectivity index (χ0v) is 6.99. The molecule has 0 radical (unpaired) electrons. The highest BCUT2D eigenvalue weighted by Gasteiger charge is 2.41. The van der Waals surface area contributed by atoms with E-state index < -0.39 is 17.2 Å². The first kappa shape index (κ1) is 10.5. The maximum atomic E-state index is 12.3. The Morgan fingerprint density at radius 3 is 2.46 bits per heavy atom. The molecule has 0 aromatic heterocycles. The third-order valence-corrected chi connectivity index (χ3v) is 1.71. The molecule has 0 spiro atoms. The first-order chi connectivity index (χ1) is 5.81. The summed E-state index contributed by atoms with van der Waals surface area (Å²) < 4.78 is 51.1. The lowest BCUT2D eigenvalue weighted by Crippen LogP contribution is -2.31. The van der Waals surface area contributed by atoms with E-state index >= 15 is 0 Å². The minimum absolute atomic E-state index is 0.351. The second kappa shape index (κ2) is 3.31. The Balaban J connectivity index is 2.66. The fourth-order valence-corrected chi connectivity index (χ4v) is 1.07. The Bertz CT molecular complexity index is 258. The molecular weight excluding hydrogens is 212 g/mol. The number of hydrogen-bond donors (Lipinski definition) is 0. The third-order valence-electron chi connectivity index (χ3n) is 1.35. The van der Waals surface area contributed by atoms with Crippen LogP contribution in [0.1, 0.15) is 6.42 Å². The Kier molecular flexibility index (Phi) is 2.68. The minimum atomic E-state index is -4.83. The van der Waals surface area contributed by atoms with Gasteiger partial charge in [0.25, 0.3) is 0 Å². The molecule has 0 heterocycles. The molecule has 1 rings (SSSR count). The minimum Gasteiger partial charge on any atom is -0.265 e. The van der Waals surface area contributed by atoms with Gasteiger partial charge in [-0.3, -0.25) is 4.74 Å². The summed E-state index contributed by atoms with van der Waals surface area (Å²) in [6, 6.07) is 0. The molecule has 1 atom stereocenters. The summed E-state index contributed by atoms with van der Waals surface area (Å²) in [6.45, 7) is 0. The first-order valence-electron chi connectivity index (χ1n) is 3.31. The van der Waals surface area contributed by atoms with Gasteiger partial charge in [0.05, 0.1) is 0 Å². The zero-order valence-electron chi connectivity index (χ0n) is 6.24. The van der Waals surface area contributed by atoms with Gasteiger partial charge in [-0.15, -0.1) is 13.2 Å². The normalized spacial score (nSPS) is 28.8. The molecule has 0 aromatic carbocycles. The van der Waals surface area contributed by atoms with E-state index in [4.69, 9.17) is 11.6 Å². The van der Waals surface area contributed by atoms with Crippen LogP contribution in [0.3, 0.4) is 0 Å². The smallest absolute Gasteiger partial charge is 0.265 e. The van der Waals surface area contributed by atoms with Crippen molar-refractivity contribution in [2.24, 2.45) is 0 Å². The molecule has 0 bridgehead atoms. The molecule has 6 heteroatoms. The van der Waals surface area contributed by atoms with Gasteiger partial charge in [0, 0.05) is 6.42 Å². The molecule has 0 aromatic rings. The Morgan fingerprint density at radius 1 is 1.46 bits per heavy atom. The van der Waals surface area contributed by atoms with Gasteiger partial charge in [-0.25, -0.2) is 4.39 Å². The molecule has 0 amide bonds. The summed E-state index contributed by atoms with van der Waals surface area (Å²) in [5, 5.41) is -2.01. The van der Waals surface area contributed by atoms with E-state index in [0.29, 0.717) is 0 Å². The van der Waals surface area contributed by atoms with E-state index in [1.807, 2.05) is 0 Å². The van der Waals surface area contributed by atoms with Gasteiger partial charge in [0.1, 0.15) is 5.83 Å². The van der Waals surface area contributed by atoms with Crippen molar-refractivity contribution in [1.82, 2.24) is 0 Å². The summed E-state index contributed by atoms with van der Waals surface area (Å²) in [5.74, 6) is -0.623. The van der Waals surface area contributed by atoms with E-state index in [1.165, 1.54) is 0 Å². The highest BCUT2D eigenvalue weighted by atomic mass is 35.5. The van der Waals surface area contributed by atoms with Crippen LogP contribution < -0.4 is 0 Å². The lowest BCUT2D eigenvalue weighted by Gasteiger charge is -2.25. The van der Waals surface area contributed by atoms with Gasteiger partial charge in [0.15, 0.2) is 5.06 Å². The van der Waals surface area contributed by atoms with Crippen molar-refractivity contribution in [2.75, 3.05) is 0 Å². The standard InChI is InChI=1S/C7H5ClF4O/c8-6(13-7(10,11)12)3-1-5(9)2-4-6/h1-3H,4H2. The van der Waals surface area contributed by atoms with E-state index in [9.17, 15) is 17.6 Å². The summed E-state index contributed by atoms with van der Waals surface area (Å²) >= 11 is 5.38. The van der Waals surface area contributed by atoms with Crippen LogP contribution in [0.25, 0.3) is 0 Å². The van der Waals surface area contributed by atoms with Crippen LogP contribution in [0.4, 0.5) is 17.6 Å². The number of rotatable bonds is 1. The molecule has 74 valence electrons. The molecule has 0 aliphatic heterocycles. The summed E-state index contributed by atoms with van der Waals surface area (Å²) in [5.41, 5.74) is 0. The van der Waals surface area contributed by atoms with Gasteiger partial charge in [-0.2, -0.15) is 0 Å². The van der Waals surface area contributed by atoms with Crippen LogP contribution in [0.5, 0.6) is 0 Å². The van der Waals surface area contributed by atoms with E-state index in [1.54, 1.807) is 0 Å². The molecule has 0 N–H and O–H groups in total. The van der Waals surface area contributed by atoms with Crippen molar-refractivity contribution in [3.8, 4) is 0 Å². The average molecular weight is 217 g/mol. The summed E-state index contributed by atoms with van der Waals surface area (Å²) in [6.07, 6.45) is -2.58. The average Bonchev–Trinajstić information content (AvgIpc) is 1.92. The van der Waals surface area contributed by atoms with Crippen molar-refractivity contribution in [2.45, 2.75) is 17.8 Å². The van der Waals surface area contributed by atoms with Crippen LogP contribution in [0, 0.1) is 0 Å². The maximum absolute atomic E-state index is 12.3. The molecule has 0 saturated carbocycles. The number of alkyl halides is 4. The predicted octanol–water partition coefficient (Wildman–Crippen LogP) is 3.27. The summed E-state index contributed by atoms with van der Waals surface area (Å²) in [7, 11) is 0. The molecule has 1 unspecified atom stereocenters. The quantitative estimate of drug-likeness (QED) is 0.483. The monoisotopic (exact) mass is 216 g/mol. The van der Waals surface area contributed by atoms with Gasteiger partial charge in [0.2, 0.25) is 0 Å². The SMILES string of the molecule is FC1=CCC(Cl)(OC(F)(F)F)C=C1. The van der Waals surface area contributed by atoms with Gasteiger partial charge >= 0.3 is 6.36 Å². The van der Waals surface area contributed by atoms with E-state index in [0.717, 1.165) is 18.2 Å². The molecule has 0 fully saturated rings. The highest BCUT2D eigenvalue weighted by Crippen LogP contribution is 2.35. The van der Waals surface area contributed by atoms with Gasteiger partial charge in [-0.05, 0) is 18.2 Å². The van der Waals surface area contributed by atoms with Crippen molar-refractivity contribution in [3.63, 3.8) is 0 Å². The molecule has 1 nitrogen and oxygen atoms in total. The summed E-state index contributed by atoms with van der Waals surface area (Å²) in [4.78, 5) is 0. The molecule has 0 saturated heterocycles. The fourth-order valence-electron chi connectivity index (χ4n) is 0.845. The first-order valence-corrected chi connectivity index (χ1v) is 3.69. The van der Waals surface area contributed by atoms with Crippen LogP contribution in [-0.2, 0) is 4.74 Å². The molecule has 13 heavy (non-hydrogen) atoms. The highest BCUT2D eigenvalue weighted by molar-refractivity contribution is 6.24. The van der Waals surface area contributed by atoms with Crippen molar-refractivity contribution < 1.29 is 22.3 Å². The predicted molar refractivity (Wildman–Crippen MR) is 38.7 cm³/mol. The van der Waals surface area contributed by atoms with Crippen LogP contribution >= 0.6 is 11.6 Å². The number of halogens is 5. The zero-order chi connectivity index (χ0) is 10.1. The van der Waals surface area contributed by atoms with Crippen LogP contribution in [0.2, 0.25) is 0 Å². The molecule has 1 aliphatic carbocycles. The second-order valence-corrected chi connectivity index (χ2v) is 3.10. The van der Waals surface area contributed by atoms with Crippen LogP contribution in [-0.4, -0.2) is 11.4 Å². The van der Waals surface area contributed by atoms with Crippen molar-refractivity contribution in [1.29, 1.82) is 0 Å². The van der Waals surface area contributed by atoms with Crippen molar-refractivity contribution in [3.05, 3.63) is 24.1 Å². The lowest BCUT2D eigenvalue weighted by atomic mass is 10.1. The van der Waals surface area contributed by atoms with E-state index in [-0.39, 0.29) is 6.42 Å². The van der Waals surface area contributed by atoms with Gasteiger partial charge in [-0.1, -0.05) is 11.6 Å². The fraction of sp³-hybridized carbons (Fsp3) is 0.429. The van der Waals surface area contributed by atoms with Gasteiger partial charge < -0.3 is 0 Å². The number of hydrogen-bond acceptors (Lipinski definition) is 1. The Morgan fingerprint density at radius 2 is 2.08 bits per heavy atom. The second-order valence-electron chi connectivity index (χ2n) is 2.46. The topological polar surface area (TPSA) is 9.23 Å². The largest absolute Gasteiger partial charge is 0.524 e. The Hall–Kier alpha value is -0.550. The molecular formula is C7H5ClF4O. The maximum Gasteiger partial charge on any atom is 0.524 e. The number of allylic oxidation sites excluding steroid dienone is 2. The van der Waals surface area contributed by atoms with Crippen molar-refractivity contribution >= 4 is 11.6 Å². The number of ether oxygens (including phenoxy) is 1. The van der Waals surface area contributed by atoms with E-state index in [2.05, 4.69) is 4.74 Å². The Labute approximate surface area is 76.6 Å². The van der Waals surface area contributed by atoms with Crippen LogP contribution in [0.15, 0.2) is 24.1 Å². The lowest BCUT2D eigenvalue weighted by molar-refractivity contribution is -0.344. The molecule has 1 aliphatic rings. The third kappa shape index (κ3) is 3.36.